The van der Waals surface area contributed by atoms with E-state index in [0.717, 1.165) is 18.9 Å². The number of aliphatic hydroxyl groups is 3. The monoisotopic (exact) mass is 552 g/mol. The van der Waals surface area contributed by atoms with Gasteiger partial charge in [0.15, 0.2) is 11.4 Å². The lowest BCUT2D eigenvalue weighted by atomic mass is 9.59. The second-order valence-corrected chi connectivity index (χ2v) is 10.4. The van der Waals surface area contributed by atoms with Gasteiger partial charge in [-0.15, -0.1) is 0 Å². The molecule has 1 saturated carbocycles. The van der Waals surface area contributed by atoms with Crippen LogP contribution in [0.25, 0.3) is 5.76 Å². The molecule has 6 N–H and O–H groups in total. The van der Waals surface area contributed by atoms with E-state index in [1.807, 2.05) is 18.7 Å². The van der Waals surface area contributed by atoms with Gasteiger partial charge in [-0.3, -0.25) is 19.3 Å². The summed E-state index contributed by atoms with van der Waals surface area (Å²) in [5, 5.41) is 43.8. The van der Waals surface area contributed by atoms with Crippen molar-refractivity contribution in [1.29, 1.82) is 0 Å². The number of carbonyl (C=O) groups is 3. The summed E-state index contributed by atoms with van der Waals surface area (Å²) in [5.74, 6) is -8.69. The van der Waals surface area contributed by atoms with Gasteiger partial charge in [0.2, 0.25) is 5.78 Å². The summed E-state index contributed by atoms with van der Waals surface area (Å²) in [5.41, 5.74) is -1.19. The summed E-state index contributed by atoms with van der Waals surface area (Å²) in [4.78, 5) is 39.5. The molecule has 0 aromatic heterocycles. The number of carbonyl (C=O) groups excluding carboxylic acids is 3. The Labute approximate surface area is 222 Å². The number of ketones is 2. The van der Waals surface area contributed by atoms with Crippen LogP contribution in [0.4, 0.5) is 13.2 Å². The van der Waals surface area contributed by atoms with Gasteiger partial charge in [-0.2, -0.15) is 13.2 Å². The van der Waals surface area contributed by atoms with Crippen molar-refractivity contribution in [2.45, 2.75) is 64.3 Å². The molecule has 12 heteroatoms. The number of fused-ring (bicyclic) bond motifs is 3. The van der Waals surface area contributed by atoms with E-state index < -0.39 is 93.5 Å². The molecule has 3 aliphatic rings. The van der Waals surface area contributed by atoms with Crippen LogP contribution < -0.4 is 5.73 Å². The number of rotatable bonds is 7. The number of nitrogens with two attached hydrogens (primary N) is 1. The molecule has 3 aliphatic carbocycles. The van der Waals surface area contributed by atoms with Crippen molar-refractivity contribution in [3.8, 4) is 5.75 Å². The van der Waals surface area contributed by atoms with Crippen molar-refractivity contribution in [3.63, 3.8) is 0 Å². The van der Waals surface area contributed by atoms with Crippen molar-refractivity contribution in [3.05, 3.63) is 45.2 Å². The average Bonchev–Trinajstić information content (AvgIpc) is 2.82. The summed E-state index contributed by atoms with van der Waals surface area (Å²) >= 11 is 0. The van der Waals surface area contributed by atoms with Crippen molar-refractivity contribution >= 4 is 23.2 Å². The van der Waals surface area contributed by atoms with Gasteiger partial charge in [-0.1, -0.05) is 20.3 Å². The Kier molecular flexibility index (Phi) is 7.32. The molecule has 0 spiro atoms. The third kappa shape index (κ3) is 4.49. The Balaban J connectivity index is 1.90. The van der Waals surface area contributed by atoms with Crippen LogP contribution in [0, 0.1) is 11.8 Å². The van der Waals surface area contributed by atoms with Crippen LogP contribution in [0.5, 0.6) is 5.75 Å². The van der Waals surface area contributed by atoms with E-state index in [1.165, 1.54) is 0 Å². The minimum absolute atomic E-state index is 0.0987. The Morgan fingerprint density at radius 3 is 2.41 bits per heavy atom. The molecule has 0 saturated heterocycles. The van der Waals surface area contributed by atoms with Gasteiger partial charge in [-0.05, 0) is 55.5 Å². The molecule has 3 atom stereocenters. The fourth-order valence-corrected chi connectivity index (χ4v) is 6.21. The van der Waals surface area contributed by atoms with Gasteiger partial charge in [0.25, 0.3) is 5.91 Å². The van der Waals surface area contributed by atoms with E-state index in [9.17, 15) is 48.0 Å². The molecule has 212 valence electrons. The third-order valence-electron chi connectivity index (χ3n) is 8.10. The first kappa shape index (κ1) is 28.6. The second-order valence-electron chi connectivity index (χ2n) is 10.4. The summed E-state index contributed by atoms with van der Waals surface area (Å²) in [6.07, 6.45) is -4.45. The van der Waals surface area contributed by atoms with Crippen LogP contribution >= 0.6 is 0 Å². The molecule has 1 amide bonds. The smallest absolute Gasteiger partial charge is 0.417 e. The number of primary amides is 1. The molecule has 9 nitrogen and oxygen atoms in total. The van der Waals surface area contributed by atoms with E-state index >= 15 is 0 Å². The Bertz CT molecular complexity index is 1320. The van der Waals surface area contributed by atoms with Crippen LogP contribution in [0.1, 0.15) is 61.8 Å². The first-order chi connectivity index (χ1) is 18.2. The first-order valence-electron chi connectivity index (χ1n) is 12.8. The molecule has 1 aromatic carbocycles. The molecular formula is C27H31F3N2O7. The van der Waals surface area contributed by atoms with E-state index in [-0.39, 0.29) is 24.1 Å². The zero-order valence-corrected chi connectivity index (χ0v) is 21.6. The number of alkyl halides is 3. The molecule has 0 bridgehead atoms. The molecule has 4 rings (SSSR count). The van der Waals surface area contributed by atoms with E-state index in [1.54, 1.807) is 0 Å². The normalized spacial score (nSPS) is 25.1. The highest BCUT2D eigenvalue weighted by Crippen LogP contribution is 2.54. The molecular weight excluding hydrogens is 521 g/mol. The topological polar surface area (TPSA) is 161 Å². The number of phenolic OH excluding ortho intramolecular Hbond substituents is 1. The van der Waals surface area contributed by atoms with Gasteiger partial charge in [0.05, 0.1) is 11.1 Å². The van der Waals surface area contributed by atoms with Gasteiger partial charge >= 0.3 is 6.18 Å². The highest BCUT2D eigenvalue weighted by atomic mass is 19.4. The first-order valence-corrected chi connectivity index (χ1v) is 12.8. The number of aliphatic hydroxyl groups excluding tert-OH is 2. The second kappa shape index (κ2) is 9.98. The zero-order chi connectivity index (χ0) is 29.0. The van der Waals surface area contributed by atoms with Crippen molar-refractivity contribution in [1.82, 2.24) is 4.90 Å². The van der Waals surface area contributed by atoms with Gasteiger partial charge in [0.1, 0.15) is 22.8 Å². The van der Waals surface area contributed by atoms with E-state index in [2.05, 4.69) is 0 Å². The quantitative estimate of drug-likeness (QED) is 0.323. The van der Waals surface area contributed by atoms with E-state index in [0.29, 0.717) is 13.1 Å². The maximum absolute atomic E-state index is 14.5. The number of aromatic hydroxyl groups is 1. The summed E-state index contributed by atoms with van der Waals surface area (Å²) in [7, 11) is 0. The lowest BCUT2D eigenvalue weighted by Gasteiger charge is -2.46. The van der Waals surface area contributed by atoms with Crippen molar-refractivity contribution < 1.29 is 48.0 Å². The zero-order valence-electron chi connectivity index (χ0n) is 21.6. The van der Waals surface area contributed by atoms with Crippen molar-refractivity contribution in [2.24, 2.45) is 17.6 Å². The van der Waals surface area contributed by atoms with Crippen molar-refractivity contribution in [2.75, 3.05) is 13.1 Å². The molecule has 1 aromatic rings. The largest absolute Gasteiger partial charge is 0.508 e. The minimum Gasteiger partial charge on any atom is -0.508 e. The molecule has 1 fully saturated rings. The predicted octanol–water partition coefficient (Wildman–Crippen LogP) is 3.06. The third-order valence-corrected chi connectivity index (χ3v) is 8.10. The number of benzene rings is 1. The fourth-order valence-electron chi connectivity index (χ4n) is 6.21. The van der Waals surface area contributed by atoms with Gasteiger partial charge in [-0.25, -0.2) is 0 Å². The molecule has 0 aliphatic heterocycles. The Morgan fingerprint density at radius 1 is 1.18 bits per heavy atom. The number of Topliss-reactive ketones (excluding diaryl/α,β-unsaturated/α-hetero) is 2. The molecule has 1 unspecified atom stereocenters. The predicted molar refractivity (Wildman–Crippen MR) is 132 cm³/mol. The minimum atomic E-state index is -4.85. The number of amides is 1. The average molecular weight is 553 g/mol. The fraction of sp³-hybridized carbons (Fsp3) is 0.519. The van der Waals surface area contributed by atoms with Crippen LogP contribution in [-0.2, 0) is 33.5 Å². The summed E-state index contributed by atoms with van der Waals surface area (Å²) < 4.78 is 43.6. The molecule has 0 heterocycles. The molecule has 0 radical (unpaired) electrons. The van der Waals surface area contributed by atoms with Crippen LogP contribution in [0.15, 0.2) is 23.0 Å². The maximum Gasteiger partial charge on any atom is 0.417 e. The number of phenols is 1. The Hall–Kier alpha value is -3.38. The van der Waals surface area contributed by atoms with Crippen LogP contribution in [0.2, 0.25) is 0 Å². The van der Waals surface area contributed by atoms with Gasteiger partial charge < -0.3 is 26.2 Å². The van der Waals surface area contributed by atoms with Gasteiger partial charge in [0, 0.05) is 24.5 Å². The number of hydrogen-bond acceptors (Lipinski definition) is 8. The lowest BCUT2D eigenvalue weighted by molar-refractivity contribution is -0.147. The lowest BCUT2D eigenvalue weighted by Crippen LogP contribution is -2.58. The Morgan fingerprint density at radius 2 is 1.85 bits per heavy atom. The van der Waals surface area contributed by atoms with Crippen LogP contribution in [-0.4, -0.2) is 61.5 Å². The number of hydrogen-bond donors (Lipinski definition) is 5. The highest BCUT2D eigenvalue weighted by molar-refractivity contribution is 6.22. The SMILES string of the molecule is CCCCN(CC)Cc1cc(O)c2c(c1C(F)(F)F)CC1C[C@H]3CC(=O)C(C(N)=O)=C(O)[C@@]3(O)C(=O)C1=C2O. The summed E-state index contributed by atoms with van der Waals surface area (Å²) in [6, 6.07) is 0.931. The van der Waals surface area contributed by atoms with Crippen LogP contribution in [0.3, 0.4) is 0 Å². The molecule has 39 heavy (non-hydrogen) atoms. The number of nitrogens with zero attached hydrogens (tertiary/aromatic N) is 1. The maximum atomic E-state index is 14.5. The number of halogens is 3. The van der Waals surface area contributed by atoms with E-state index in [4.69, 9.17) is 5.73 Å². The standard InChI is InChI=1S/C27H31F3N2O7/c1-3-5-6-32(4-2)11-13-9-16(33)19-15(21(13)27(28,29)30)8-12-7-14-10-17(34)20(25(31)38)24(37)26(14,39)23(36)18(12)22(19)35/h9,12,14,33,35,37,39H,3-8,10-11H2,1-2H3,(H2,31,38)/t12?,14-,26-/m0/s1. The summed E-state index contributed by atoms with van der Waals surface area (Å²) in [6.45, 7) is 4.70. The highest BCUT2D eigenvalue weighted by Gasteiger charge is 2.60. The number of unbranched alkanes of at least 4 members (excludes halogenated alkanes) is 1.